The van der Waals surface area contributed by atoms with Gasteiger partial charge >= 0.3 is 0 Å². The van der Waals surface area contributed by atoms with Crippen LogP contribution in [0.5, 0.6) is 0 Å². The lowest BCUT2D eigenvalue weighted by Crippen LogP contribution is -2.13. The van der Waals surface area contributed by atoms with Crippen molar-refractivity contribution in [2.75, 3.05) is 11.6 Å². The molecule has 1 amide bonds. The minimum atomic E-state index is -3.13. The summed E-state index contributed by atoms with van der Waals surface area (Å²) in [6.45, 7) is 2.27. The van der Waals surface area contributed by atoms with Gasteiger partial charge in [0.05, 0.1) is 16.8 Å². The number of amides is 1. The van der Waals surface area contributed by atoms with Crippen LogP contribution in [0.2, 0.25) is 0 Å². The van der Waals surface area contributed by atoms with Crippen molar-refractivity contribution >= 4 is 32.3 Å². The zero-order valence-corrected chi connectivity index (χ0v) is 16.9. The van der Waals surface area contributed by atoms with Crippen molar-refractivity contribution in [3.05, 3.63) is 64.8 Å². The van der Waals surface area contributed by atoms with Crippen molar-refractivity contribution in [3.63, 3.8) is 0 Å². The van der Waals surface area contributed by atoms with E-state index in [1.54, 1.807) is 24.3 Å². The molecule has 0 fully saturated rings. The summed E-state index contributed by atoms with van der Waals surface area (Å²) in [4.78, 5) is 16.4. The number of nitrogens with one attached hydrogen (secondary N) is 2. The van der Waals surface area contributed by atoms with Crippen LogP contribution in [0.25, 0.3) is 10.9 Å². The monoisotopic (exact) mass is 396 g/mol. The lowest BCUT2D eigenvalue weighted by atomic mass is 9.87. The van der Waals surface area contributed by atoms with Crippen LogP contribution in [-0.2, 0) is 28.4 Å². The zero-order valence-electron chi connectivity index (χ0n) is 16.1. The molecule has 1 unspecified atom stereocenters. The number of anilines is 1. The first-order valence-electron chi connectivity index (χ1n) is 9.50. The average Bonchev–Trinajstić information content (AvgIpc) is 2.98. The molecule has 1 atom stereocenters. The van der Waals surface area contributed by atoms with Crippen molar-refractivity contribution in [1.82, 2.24) is 4.98 Å². The molecule has 4 rings (SSSR count). The number of hydrogen-bond acceptors (Lipinski definition) is 3. The molecular weight excluding hydrogens is 372 g/mol. The van der Waals surface area contributed by atoms with E-state index >= 15 is 0 Å². The molecule has 0 saturated carbocycles. The molecule has 5 nitrogen and oxygen atoms in total. The Labute approximate surface area is 165 Å². The molecule has 0 aliphatic heterocycles. The third kappa shape index (κ3) is 3.83. The fraction of sp³-hybridized carbons (Fsp3) is 0.318. The third-order valence-electron chi connectivity index (χ3n) is 5.33. The molecule has 1 heterocycles. The fourth-order valence-corrected chi connectivity index (χ4v) is 4.83. The largest absolute Gasteiger partial charge is 0.358 e. The van der Waals surface area contributed by atoms with E-state index in [9.17, 15) is 13.2 Å². The average molecular weight is 397 g/mol. The lowest BCUT2D eigenvalue weighted by molar-refractivity contribution is 0.102. The smallest absolute Gasteiger partial charge is 0.257 e. The van der Waals surface area contributed by atoms with Gasteiger partial charge in [0, 0.05) is 23.0 Å². The zero-order chi connectivity index (χ0) is 19.9. The molecule has 2 aromatic carbocycles. The normalized spacial score (nSPS) is 16.7. The molecule has 0 spiro atoms. The van der Waals surface area contributed by atoms with E-state index in [0.29, 0.717) is 22.7 Å². The van der Waals surface area contributed by atoms with Gasteiger partial charge in [-0.25, -0.2) is 8.42 Å². The molecule has 1 aliphatic rings. The first kappa shape index (κ1) is 18.7. The second-order valence-electron chi connectivity index (χ2n) is 7.88. The number of carbonyl (C=O) groups is 1. The third-order valence-corrected chi connectivity index (χ3v) is 6.19. The number of sulfone groups is 1. The number of hydrogen-bond donors (Lipinski definition) is 2. The summed E-state index contributed by atoms with van der Waals surface area (Å²) in [7, 11) is -3.13. The van der Waals surface area contributed by atoms with Crippen LogP contribution in [0.3, 0.4) is 0 Å². The highest BCUT2D eigenvalue weighted by molar-refractivity contribution is 7.89. The second kappa shape index (κ2) is 7.09. The van der Waals surface area contributed by atoms with Crippen molar-refractivity contribution in [2.24, 2.45) is 5.92 Å². The molecular formula is C22H24N2O3S. The Kier molecular flexibility index (Phi) is 4.75. The fourth-order valence-electron chi connectivity index (χ4n) is 4.04. The van der Waals surface area contributed by atoms with Crippen LogP contribution in [0.1, 0.15) is 40.5 Å². The maximum absolute atomic E-state index is 13.0. The standard InChI is InChI=1S/C22H24N2O3S/c1-14-9-10-20-19(11-14)17-7-4-8-18(21(17)24-20)22(25)23-16-6-3-5-15(12-16)13-28(2,26)27/h3-8,12,14,24H,9-11,13H2,1-2H3,(H,23,25). The Morgan fingerprint density at radius 1 is 1.21 bits per heavy atom. The van der Waals surface area contributed by atoms with E-state index in [-0.39, 0.29) is 11.7 Å². The van der Waals surface area contributed by atoms with Crippen molar-refractivity contribution in [2.45, 2.75) is 31.9 Å². The highest BCUT2D eigenvalue weighted by atomic mass is 32.2. The lowest BCUT2D eigenvalue weighted by Gasteiger charge is -2.17. The molecule has 0 radical (unpaired) electrons. The summed E-state index contributed by atoms with van der Waals surface area (Å²) >= 11 is 0. The van der Waals surface area contributed by atoms with E-state index in [4.69, 9.17) is 0 Å². The topological polar surface area (TPSA) is 79.0 Å². The van der Waals surface area contributed by atoms with Crippen LogP contribution in [0, 0.1) is 5.92 Å². The molecule has 3 aromatic rings. The number of H-pyrrole nitrogens is 1. The molecule has 0 saturated heterocycles. The summed E-state index contributed by atoms with van der Waals surface area (Å²) in [5, 5.41) is 4.04. The Balaban J connectivity index is 1.64. The van der Waals surface area contributed by atoms with Gasteiger partial charge < -0.3 is 10.3 Å². The second-order valence-corrected chi connectivity index (χ2v) is 10.0. The highest BCUT2D eigenvalue weighted by Gasteiger charge is 2.22. The Morgan fingerprint density at radius 2 is 2.00 bits per heavy atom. The van der Waals surface area contributed by atoms with Gasteiger partial charge in [0.2, 0.25) is 0 Å². The van der Waals surface area contributed by atoms with Gasteiger partial charge in [-0.1, -0.05) is 31.2 Å². The van der Waals surface area contributed by atoms with Crippen LogP contribution >= 0.6 is 0 Å². The van der Waals surface area contributed by atoms with Crippen molar-refractivity contribution in [3.8, 4) is 0 Å². The number of aryl methyl sites for hydroxylation is 1. The molecule has 1 aromatic heterocycles. The first-order valence-corrected chi connectivity index (χ1v) is 11.6. The van der Waals surface area contributed by atoms with Crippen molar-refractivity contribution in [1.29, 1.82) is 0 Å². The summed E-state index contributed by atoms with van der Waals surface area (Å²) in [5.41, 5.74) is 5.30. The molecule has 6 heteroatoms. The van der Waals surface area contributed by atoms with Gasteiger partial charge in [0.1, 0.15) is 0 Å². The van der Waals surface area contributed by atoms with Crippen LogP contribution in [0.15, 0.2) is 42.5 Å². The summed E-state index contributed by atoms with van der Waals surface area (Å²) in [6.07, 6.45) is 4.41. The quantitative estimate of drug-likeness (QED) is 0.697. The minimum Gasteiger partial charge on any atom is -0.358 e. The molecule has 146 valence electrons. The Hall–Kier alpha value is -2.60. The number of carbonyl (C=O) groups excluding carboxylic acids is 1. The molecule has 28 heavy (non-hydrogen) atoms. The van der Waals surface area contributed by atoms with Gasteiger partial charge in [-0.2, -0.15) is 0 Å². The maximum Gasteiger partial charge on any atom is 0.257 e. The minimum absolute atomic E-state index is 0.0478. The van der Waals surface area contributed by atoms with Crippen LogP contribution in [0.4, 0.5) is 5.69 Å². The van der Waals surface area contributed by atoms with E-state index in [2.05, 4.69) is 23.3 Å². The van der Waals surface area contributed by atoms with E-state index < -0.39 is 9.84 Å². The number of aromatic amines is 1. The maximum atomic E-state index is 13.0. The summed E-state index contributed by atoms with van der Waals surface area (Å²) in [6, 6.07) is 12.8. The summed E-state index contributed by atoms with van der Waals surface area (Å²) in [5.74, 6) is 0.406. The SMILES string of the molecule is CC1CCc2[nH]c3c(C(=O)Nc4cccc(CS(C)(=O)=O)c4)cccc3c2C1. The van der Waals surface area contributed by atoms with Gasteiger partial charge in [0.25, 0.3) is 5.91 Å². The Morgan fingerprint density at radius 3 is 2.79 bits per heavy atom. The number of benzene rings is 2. The number of aromatic nitrogens is 1. The van der Waals surface area contributed by atoms with E-state index in [1.165, 1.54) is 17.5 Å². The van der Waals surface area contributed by atoms with Gasteiger partial charge in [-0.3, -0.25) is 4.79 Å². The predicted molar refractivity (Wildman–Crippen MR) is 112 cm³/mol. The van der Waals surface area contributed by atoms with Crippen LogP contribution in [-0.4, -0.2) is 25.6 Å². The number of rotatable bonds is 4. The highest BCUT2D eigenvalue weighted by Crippen LogP contribution is 2.33. The van der Waals surface area contributed by atoms with Crippen molar-refractivity contribution < 1.29 is 13.2 Å². The molecule has 2 N–H and O–H groups in total. The first-order chi connectivity index (χ1) is 13.3. The Bertz CT molecular complexity index is 1160. The van der Waals surface area contributed by atoms with E-state index in [0.717, 1.165) is 30.2 Å². The van der Waals surface area contributed by atoms with E-state index in [1.807, 2.05) is 12.1 Å². The number of fused-ring (bicyclic) bond motifs is 3. The predicted octanol–water partition coefficient (Wildman–Crippen LogP) is 4.09. The van der Waals surface area contributed by atoms with Gasteiger partial charge in [0.15, 0.2) is 9.84 Å². The molecule has 0 bridgehead atoms. The van der Waals surface area contributed by atoms with Crippen LogP contribution < -0.4 is 5.32 Å². The number of para-hydroxylation sites is 1. The van der Waals surface area contributed by atoms with Gasteiger partial charge in [-0.15, -0.1) is 0 Å². The summed E-state index contributed by atoms with van der Waals surface area (Å²) < 4.78 is 23.1. The molecule has 1 aliphatic carbocycles. The van der Waals surface area contributed by atoms with Gasteiger partial charge in [-0.05, 0) is 54.5 Å².